The molecule has 2 heterocycles. The van der Waals surface area contributed by atoms with E-state index >= 15 is 0 Å². The molecule has 0 aliphatic heterocycles. The van der Waals surface area contributed by atoms with Crippen LogP contribution in [0, 0.1) is 0 Å². The van der Waals surface area contributed by atoms with Crippen LogP contribution in [0.4, 0.5) is 0 Å². The van der Waals surface area contributed by atoms with E-state index < -0.39 is 11.9 Å². The van der Waals surface area contributed by atoms with E-state index in [9.17, 15) is 4.79 Å². The topological polar surface area (TPSA) is 68.0 Å². The number of fused-ring (bicyclic) bond motifs is 1. The molecule has 6 heteroatoms. The Morgan fingerprint density at radius 2 is 2.50 bits per heavy atom. The third-order valence-corrected chi connectivity index (χ3v) is 4.44. The maximum atomic E-state index is 11.1. The Morgan fingerprint density at radius 3 is 3.22 bits per heavy atom. The molecule has 2 aromatic rings. The number of aliphatic carboxylic acids is 1. The molecule has 0 aromatic carbocycles. The van der Waals surface area contributed by atoms with Crippen LogP contribution in [0.2, 0.25) is 0 Å². The minimum Gasteiger partial charge on any atom is -0.481 e. The highest BCUT2D eigenvalue weighted by Gasteiger charge is 2.32. The fraction of sp³-hybridized carbons (Fsp3) is 0.417. The van der Waals surface area contributed by atoms with Crippen molar-refractivity contribution in [2.45, 2.75) is 32.2 Å². The molecule has 2 aromatic heterocycles. The van der Waals surface area contributed by atoms with Crippen LogP contribution >= 0.6 is 11.3 Å². The summed E-state index contributed by atoms with van der Waals surface area (Å²) in [7, 11) is 0. The van der Waals surface area contributed by atoms with Gasteiger partial charge in [0.15, 0.2) is 0 Å². The zero-order chi connectivity index (χ0) is 12.7. The van der Waals surface area contributed by atoms with Gasteiger partial charge in [-0.3, -0.25) is 4.79 Å². The Balaban J connectivity index is 2.02. The first-order chi connectivity index (χ1) is 8.70. The first-order valence-corrected chi connectivity index (χ1v) is 6.75. The first kappa shape index (κ1) is 11.4. The third kappa shape index (κ3) is 1.64. The van der Waals surface area contributed by atoms with Crippen molar-refractivity contribution in [2.75, 3.05) is 0 Å². The van der Waals surface area contributed by atoms with E-state index in [0.29, 0.717) is 6.42 Å². The van der Waals surface area contributed by atoms with Crippen LogP contribution in [0.1, 0.15) is 29.8 Å². The van der Waals surface area contributed by atoms with E-state index in [1.54, 1.807) is 23.9 Å². The van der Waals surface area contributed by atoms with Crippen LogP contribution in [-0.2, 0) is 17.8 Å². The number of carboxylic acids is 1. The molecule has 1 aliphatic rings. The van der Waals surface area contributed by atoms with Crippen molar-refractivity contribution in [3.63, 3.8) is 0 Å². The highest BCUT2D eigenvalue weighted by molar-refractivity contribution is 7.15. The average Bonchev–Trinajstić information content (AvgIpc) is 3.01. The van der Waals surface area contributed by atoms with Crippen LogP contribution in [0.3, 0.4) is 0 Å². The van der Waals surface area contributed by atoms with Crippen LogP contribution in [0.15, 0.2) is 12.5 Å². The van der Waals surface area contributed by atoms with Gasteiger partial charge in [0.1, 0.15) is 10.9 Å². The molecule has 0 bridgehead atoms. The van der Waals surface area contributed by atoms with E-state index in [-0.39, 0.29) is 0 Å². The van der Waals surface area contributed by atoms with Gasteiger partial charge in [0, 0.05) is 11.4 Å². The van der Waals surface area contributed by atoms with Crippen LogP contribution in [-0.4, -0.2) is 25.6 Å². The predicted molar refractivity (Wildman–Crippen MR) is 67.7 cm³/mol. The van der Waals surface area contributed by atoms with E-state index in [4.69, 9.17) is 5.11 Å². The Bertz CT molecular complexity index is 602. The predicted octanol–water partition coefficient (Wildman–Crippen LogP) is 2.14. The molecule has 0 saturated heterocycles. The van der Waals surface area contributed by atoms with Gasteiger partial charge in [-0.15, -0.1) is 11.3 Å². The van der Waals surface area contributed by atoms with E-state index in [1.165, 1.54) is 0 Å². The van der Waals surface area contributed by atoms with Gasteiger partial charge >= 0.3 is 5.97 Å². The number of carbonyl (C=O) groups is 1. The van der Waals surface area contributed by atoms with Crippen molar-refractivity contribution in [1.82, 2.24) is 14.5 Å². The van der Waals surface area contributed by atoms with Crippen LogP contribution in [0.25, 0.3) is 10.7 Å². The third-order valence-electron chi connectivity index (χ3n) is 3.29. The molecule has 1 N–H and O–H groups in total. The molecular formula is C12H13N3O2S. The lowest BCUT2D eigenvalue weighted by Gasteiger charge is -2.03. The van der Waals surface area contributed by atoms with E-state index in [2.05, 4.69) is 9.97 Å². The maximum Gasteiger partial charge on any atom is 0.312 e. The second kappa shape index (κ2) is 4.20. The van der Waals surface area contributed by atoms with Crippen molar-refractivity contribution in [3.05, 3.63) is 23.1 Å². The molecule has 1 unspecified atom stereocenters. The monoisotopic (exact) mass is 263 g/mol. The van der Waals surface area contributed by atoms with Gasteiger partial charge in [-0.2, -0.15) is 0 Å². The lowest BCUT2D eigenvalue weighted by Crippen LogP contribution is -2.08. The van der Waals surface area contributed by atoms with Crippen molar-refractivity contribution in [3.8, 4) is 10.7 Å². The molecule has 0 amide bonds. The summed E-state index contributed by atoms with van der Waals surface area (Å²) in [5.41, 5.74) is 1.73. The van der Waals surface area contributed by atoms with Gasteiger partial charge in [0.25, 0.3) is 0 Å². The number of aromatic nitrogens is 3. The lowest BCUT2D eigenvalue weighted by atomic mass is 10.1. The Labute approximate surface area is 108 Å². The molecule has 0 spiro atoms. The molecular weight excluding hydrogens is 250 g/mol. The summed E-state index contributed by atoms with van der Waals surface area (Å²) in [4.78, 5) is 20.9. The Morgan fingerprint density at radius 1 is 1.67 bits per heavy atom. The van der Waals surface area contributed by atoms with Crippen molar-refractivity contribution >= 4 is 17.3 Å². The van der Waals surface area contributed by atoms with Crippen molar-refractivity contribution in [2.24, 2.45) is 0 Å². The average molecular weight is 263 g/mol. The number of imidazole rings is 1. The quantitative estimate of drug-likeness (QED) is 0.921. The van der Waals surface area contributed by atoms with Gasteiger partial charge in [0.2, 0.25) is 0 Å². The fourth-order valence-corrected chi connectivity index (χ4v) is 3.49. The highest BCUT2D eigenvalue weighted by atomic mass is 32.1. The van der Waals surface area contributed by atoms with Crippen LogP contribution in [0.5, 0.6) is 0 Å². The Hall–Kier alpha value is -1.69. The molecule has 0 saturated carbocycles. The number of rotatable bonds is 3. The molecule has 0 radical (unpaired) electrons. The maximum absolute atomic E-state index is 11.1. The number of carboxylic acid groups (broad SMARTS) is 1. The zero-order valence-corrected chi connectivity index (χ0v) is 10.8. The summed E-state index contributed by atoms with van der Waals surface area (Å²) in [6, 6.07) is 0. The van der Waals surface area contributed by atoms with Gasteiger partial charge in [-0.05, 0) is 19.8 Å². The second-order valence-electron chi connectivity index (χ2n) is 4.32. The number of aryl methyl sites for hydroxylation is 2. The van der Waals surface area contributed by atoms with Crippen molar-refractivity contribution < 1.29 is 9.90 Å². The van der Waals surface area contributed by atoms with E-state index in [1.807, 2.05) is 11.5 Å². The lowest BCUT2D eigenvalue weighted by molar-refractivity contribution is -0.138. The van der Waals surface area contributed by atoms with Gasteiger partial charge < -0.3 is 9.67 Å². The minimum absolute atomic E-state index is 0.428. The second-order valence-corrected chi connectivity index (χ2v) is 5.41. The molecule has 5 nitrogen and oxygen atoms in total. The standard InChI is InChI=1S/C12H13N3O2S/c1-2-15-6-13-5-8(15)11-14-10-7(12(16)17)3-4-9(10)18-11/h5-7H,2-4H2,1H3,(H,16,17). The number of nitrogens with zero attached hydrogens (tertiary/aromatic N) is 3. The summed E-state index contributed by atoms with van der Waals surface area (Å²) in [5, 5.41) is 10.0. The van der Waals surface area contributed by atoms with E-state index in [0.717, 1.165) is 34.2 Å². The van der Waals surface area contributed by atoms with Gasteiger partial charge in [-0.25, -0.2) is 9.97 Å². The van der Waals surface area contributed by atoms with Gasteiger partial charge in [-0.1, -0.05) is 0 Å². The summed E-state index contributed by atoms with van der Waals surface area (Å²) < 4.78 is 2.02. The molecule has 3 rings (SSSR count). The zero-order valence-electron chi connectivity index (χ0n) is 9.96. The van der Waals surface area contributed by atoms with Gasteiger partial charge in [0.05, 0.1) is 23.9 Å². The molecule has 18 heavy (non-hydrogen) atoms. The van der Waals surface area contributed by atoms with Crippen LogP contribution < -0.4 is 0 Å². The smallest absolute Gasteiger partial charge is 0.312 e. The largest absolute Gasteiger partial charge is 0.481 e. The summed E-state index contributed by atoms with van der Waals surface area (Å²) in [5.74, 6) is -1.20. The number of hydrogen-bond acceptors (Lipinski definition) is 4. The highest BCUT2D eigenvalue weighted by Crippen LogP contribution is 2.39. The first-order valence-electron chi connectivity index (χ1n) is 5.93. The number of thiazole rings is 1. The molecule has 0 fully saturated rings. The SMILES string of the molecule is CCn1cncc1-c1nc2c(s1)CCC2C(=O)O. The van der Waals surface area contributed by atoms with Crippen molar-refractivity contribution in [1.29, 1.82) is 0 Å². The summed E-state index contributed by atoms with van der Waals surface area (Å²) in [6.07, 6.45) is 5.06. The molecule has 1 atom stereocenters. The fourth-order valence-electron chi connectivity index (χ4n) is 2.33. The minimum atomic E-state index is -0.769. The number of hydrogen-bond donors (Lipinski definition) is 1. The Kier molecular flexibility index (Phi) is 2.66. The summed E-state index contributed by atoms with van der Waals surface area (Å²) >= 11 is 1.60. The molecule has 94 valence electrons. The normalized spacial score (nSPS) is 17.9. The summed E-state index contributed by atoms with van der Waals surface area (Å²) in [6.45, 7) is 2.88. The molecule has 1 aliphatic carbocycles.